The number of nitrogen functional groups attached to an aromatic ring is 1. The number of nitrogens with one attached hydrogen (secondary N) is 1. The first-order valence-corrected chi connectivity index (χ1v) is 7.10. The third-order valence-electron chi connectivity index (χ3n) is 2.99. The lowest BCUT2D eigenvalue weighted by Gasteiger charge is -2.06. The molecule has 104 valence electrons. The highest BCUT2D eigenvalue weighted by molar-refractivity contribution is 7.22. The number of nitrogens with zero attached hydrogens (tertiary/aromatic N) is 2. The van der Waals surface area contributed by atoms with E-state index < -0.39 is 0 Å². The SMILES string of the molecule is N=C(N)c1ccccc1/C(N)=N/c1nc2ccccc2s1. The quantitative estimate of drug-likeness (QED) is 0.511. The molecule has 1 aromatic heterocycles. The molecule has 0 amide bonds. The van der Waals surface area contributed by atoms with Gasteiger partial charge in [-0.1, -0.05) is 47.7 Å². The second kappa shape index (κ2) is 5.34. The maximum Gasteiger partial charge on any atom is 0.212 e. The summed E-state index contributed by atoms with van der Waals surface area (Å²) in [5, 5.41) is 8.18. The molecule has 21 heavy (non-hydrogen) atoms. The Morgan fingerprint density at radius 2 is 1.67 bits per heavy atom. The van der Waals surface area contributed by atoms with Crippen molar-refractivity contribution in [2.24, 2.45) is 16.5 Å². The summed E-state index contributed by atoms with van der Waals surface area (Å²) in [5.74, 6) is 0.271. The molecular formula is C15H13N5S. The summed E-state index contributed by atoms with van der Waals surface area (Å²) in [6.07, 6.45) is 0. The summed E-state index contributed by atoms with van der Waals surface area (Å²) in [7, 11) is 0. The number of hydrogen-bond donors (Lipinski definition) is 3. The molecule has 3 aromatic rings. The maximum atomic E-state index is 7.59. The molecule has 3 rings (SSSR count). The molecule has 0 radical (unpaired) electrons. The van der Waals surface area contributed by atoms with Crippen LogP contribution in [0.25, 0.3) is 10.2 Å². The monoisotopic (exact) mass is 295 g/mol. The molecule has 0 spiro atoms. The molecule has 0 aliphatic heterocycles. The van der Waals surface area contributed by atoms with Crippen LogP contribution in [0.3, 0.4) is 0 Å². The number of thiazole rings is 1. The summed E-state index contributed by atoms with van der Waals surface area (Å²) >= 11 is 1.47. The van der Waals surface area contributed by atoms with E-state index in [1.54, 1.807) is 12.1 Å². The third kappa shape index (κ3) is 2.61. The van der Waals surface area contributed by atoms with Gasteiger partial charge < -0.3 is 11.5 Å². The first-order valence-electron chi connectivity index (χ1n) is 6.28. The molecule has 0 saturated carbocycles. The molecule has 2 aromatic carbocycles. The fraction of sp³-hybridized carbons (Fsp3) is 0. The van der Waals surface area contributed by atoms with Crippen LogP contribution in [0.5, 0.6) is 0 Å². The Balaban J connectivity index is 2.05. The van der Waals surface area contributed by atoms with Crippen LogP contribution in [0.15, 0.2) is 53.5 Å². The van der Waals surface area contributed by atoms with E-state index in [0.29, 0.717) is 22.1 Å². The van der Waals surface area contributed by atoms with Crippen LogP contribution in [-0.4, -0.2) is 16.7 Å². The minimum Gasteiger partial charge on any atom is -0.384 e. The van der Waals surface area contributed by atoms with Gasteiger partial charge in [0.15, 0.2) is 0 Å². The van der Waals surface area contributed by atoms with Crippen molar-refractivity contribution < 1.29 is 0 Å². The number of aliphatic imine (C=N–C) groups is 1. The number of para-hydroxylation sites is 1. The van der Waals surface area contributed by atoms with Crippen molar-refractivity contribution in [3.63, 3.8) is 0 Å². The lowest BCUT2D eigenvalue weighted by atomic mass is 10.1. The number of nitrogens with two attached hydrogens (primary N) is 2. The molecule has 0 saturated heterocycles. The zero-order chi connectivity index (χ0) is 14.8. The zero-order valence-corrected chi connectivity index (χ0v) is 11.9. The Morgan fingerprint density at radius 1 is 1.00 bits per heavy atom. The second-order valence-electron chi connectivity index (χ2n) is 4.42. The highest BCUT2D eigenvalue weighted by Gasteiger charge is 2.09. The summed E-state index contributed by atoms with van der Waals surface area (Å²) < 4.78 is 1.06. The van der Waals surface area contributed by atoms with Crippen LogP contribution in [0.1, 0.15) is 11.1 Å². The summed E-state index contributed by atoms with van der Waals surface area (Å²) in [6.45, 7) is 0. The van der Waals surface area contributed by atoms with Crippen LogP contribution in [0.4, 0.5) is 5.13 Å². The van der Waals surface area contributed by atoms with Gasteiger partial charge in [0.1, 0.15) is 11.7 Å². The van der Waals surface area contributed by atoms with Crippen molar-refractivity contribution in [1.29, 1.82) is 5.41 Å². The van der Waals surface area contributed by atoms with Crippen molar-refractivity contribution in [2.45, 2.75) is 0 Å². The molecule has 5 nitrogen and oxygen atoms in total. The smallest absolute Gasteiger partial charge is 0.212 e. The van der Waals surface area contributed by atoms with Crippen molar-refractivity contribution in [2.75, 3.05) is 0 Å². The highest BCUT2D eigenvalue weighted by atomic mass is 32.1. The fourth-order valence-electron chi connectivity index (χ4n) is 2.01. The largest absolute Gasteiger partial charge is 0.384 e. The number of aromatic nitrogens is 1. The van der Waals surface area contributed by atoms with E-state index >= 15 is 0 Å². The van der Waals surface area contributed by atoms with Crippen molar-refractivity contribution in [1.82, 2.24) is 4.98 Å². The van der Waals surface area contributed by atoms with Gasteiger partial charge >= 0.3 is 0 Å². The Hall–Kier alpha value is -2.73. The predicted molar refractivity (Wildman–Crippen MR) is 87.5 cm³/mol. The van der Waals surface area contributed by atoms with E-state index in [9.17, 15) is 0 Å². The van der Waals surface area contributed by atoms with Crippen LogP contribution in [0.2, 0.25) is 0 Å². The van der Waals surface area contributed by atoms with E-state index in [1.807, 2.05) is 36.4 Å². The Morgan fingerprint density at radius 3 is 2.38 bits per heavy atom. The normalized spacial score (nSPS) is 11.7. The number of fused-ring (bicyclic) bond motifs is 1. The first-order chi connectivity index (χ1) is 10.1. The number of benzene rings is 2. The van der Waals surface area contributed by atoms with Crippen LogP contribution < -0.4 is 11.5 Å². The van der Waals surface area contributed by atoms with Crippen LogP contribution in [0, 0.1) is 5.41 Å². The van der Waals surface area contributed by atoms with E-state index in [4.69, 9.17) is 16.9 Å². The molecule has 0 atom stereocenters. The van der Waals surface area contributed by atoms with Gasteiger partial charge in [0.05, 0.1) is 10.2 Å². The Kier molecular flexibility index (Phi) is 3.37. The highest BCUT2D eigenvalue weighted by Crippen LogP contribution is 2.28. The van der Waals surface area contributed by atoms with Gasteiger partial charge in [-0.3, -0.25) is 5.41 Å². The molecule has 0 aliphatic carbocycles. The predicted octanol–water partition coefficient (Wildman–Crippen LogP) is 2.62. The van der Waals surface area contributed by atoms with E-state index in [1.165, 1.54) is 11.3 Å². The Bertz CT molecular complexity index is 817. The minimum absolute atomic E-state index is 0.0342. The summed E-state index contributed by atoms with van der Waals surface area (Å²) in [4.78, 5) is 8.78. The molecule has 0 unspecified atom stereocenters. The lowest BCUT2D eigenvalue weighted by Crippen LogP contribution is -2.21. The first kappa shape index (κ1) is 13.3. The maximum absolute atomic E-state index is 7.59. The van der Waals surface area contributed by atoms with Crippen LogP contribution >= 0.6 is 11.3 Å². The van der Waals surface area contributed by atoms with Gasteiger partial charge in [-0.25, -0.2) is 9.98 Å². The van der Waals surface area contributed by atoms with Gasteiger partial charge in [-0.15, -0.1) is 0 Å². The number of rotatable bonds is 3. The number of hydrogen-bond acceptors (Lipinski definition) is 4. The Labute approximate surface area is 125 Å². The molecule has 6 heteroatoms. The second-order valence-corrected chi connectivity index (χ2v) is 5.43. The van der Waals surface area contributed by atoms with Gasteiger partial charge in [0.2, 0.25) is 5.13 Å². The molecule has 0 aliphatic rings. The summed E-state index contributed by atoms with van der Waals surface area (Å²) in [5.41, 5.74) is 13.7. The molecular weight excluding hydrogens is 282 g/mol. The molecule has 0 fully saturated rings. The van der Waals surface area contributed by atoms with Crippen LogP contribution in [-0.2, 0) is 0 Å². The molecule has 1 heterocycles. The zero-order valence-electron chi connectivity index (χ0n) is 11.1. The van der Waals surface area contributed by atoms with Crippen molar-refractivity contribution in [3.05, 3.63) is 59.7 Å². The van der Waals surface area contributed by atoms with Gasteiger partial charge in [0, 0.05) is 11.1 Å². The minimum atomic E-state index is -0.0342. The molecule has 0 bridgehead atoms. The van der Waals surface area contributed by atoms with Crippen molar-refractivity contribution in [3.8, 4) is 0 Å². The average molecular weight is 295 g/mol. The standard InChI is InChI=1S/C15H13N5S/c16-13(17)9-5-1-2-6-10(9)14(18)20-15-19-11-7-3-4-8-12(11)21-15/h1-8H,(H3,16,17)(H2,18,19,20). The lowest BCUT2D eigenvalue weighted by molar-refractivity contribution is 1.36. The fourth-order valence-corrected chi connectivity index (χ4v) is 2.86. The van der Waals surface area contributed by atoms with Gasteiger partial charge in [0.25, 0.3) is 0 Å². The number of amidine groups is 2. The third-order valence-corrected chi connectivity index (χ3v) is 3.92. The van der Waals surface area contributed by atoms with E-state index in [2.05, 4.69) is 9.98 Å². The van der Waals surface area contributed by atoms with E-state index in [0.717, 1.165) is 10.2 Å². The van der Waals surface area contributed by atoms with Gasteiger partial charge in [-0.2, -0.15) is 0 Å². The topological polar surface area (TPSA) is 101 Å². The van der Waals surface area contributed by atoms with Gasteiger partial charge in [-0.05, 0) is 12.1 Å². The average Bonchev–Trinajstić information content (AvgIpc) is 2.89. The van der Waals surface area contributed by atoms with Crippen molar-refractivity contribution >= 4 is 38.4 Å². The summed E-state index contributed by atoms with van der Waals surface area (Å²) in [6, 6.07) is 15.0. The molecule has 5 N–H and O–H groups in total. The van der Waals surface area contributed by atoms with E-state index in [-0.39, 0.29) is 5.84 Å².